The van der Waals surface area contributed by atoms with Crippen molar-refractivity contribution in [2.75, 3.05) is 11.9 Å². The summed E-state index contributed by atoms with van der Waals surface area (Å²) < 4.78 is 39.7. The molecule has 1 saturated carbocycles. The lowest BCUT2D eigenvalue weighted by molar-refractivity contribution is 0.102. The van der Waals surface area contributed by atoms with Crippen molar-refractivity contribution >= 4 is 35.0 Å². The molecule has 1 fully saturated rings. The molecule has 29 heavy (non-hydrogen) atoms. The lowest BCUT2D eigenvalue weighted by Gasteiger charge is -2.36. The summed E-state index contributed by atoms with van der Waals surface area (Å²) in [5.74, 6) is -4.93. The lowest BCUT2D eigenvalue weighted by atomic mass is 9.86. The summed E-state index contributed by atoms with van der Waals surface area (Å²) in [6, 6.07) is 6.18. The van der Waals surface area contributed by atoms with E-state index < -0.39 is 23.4 Å². The molecule has 0 spiro atoms. The van der Waals surface area contributed by atoms with E-state index in [0.717, 1.165) is 44.2 Å². The normalized spacial score (nSPS) is 15.9. The van der Waals surface area contributed by atoms with Crippen LogP contribution in [-0.2, 0) is 0 Å². The molecule has 3 rings (SSSR count). The molecule has 1 amide bonds. The molecule has 0 saturated heterocycles. The van der Waals surface area contributed by atoms with Gasteiger partial charge in [-0.05, 0) is 37.5 Å². The standard InChI is InChI=1S/C21H21ClF3NO2S/c22-15-5-4-13(20(28)26-14-11-16(23)19(25)17(24)12-14)10-18(15)29-21(8-9-27)6-2-1-3-7-21/h4-5,10-12,27H,1-3,6-9H2,(H,26,28). The quantitative estimate of drug-likeness (QED) is 0.523. The number of aliphatic hydroxyl groups excluding tert-OH is 1. The maximum absolute atomic E-state index is 13.4. The van der Waals surface area contributed by atoms with E-state index in [2.05, 4.69) is 5.32 Å². The van der Waals surface area contributed by atoms with Gasteiger partial charge in [-0.2, -0.15) is 0 Å². The van der Waals surface area contributed by atoms with E-state index in [0.29, 0.717) is 16.3 Å². The summed E-state index contributed by atoms with van der Waals surface area (Å²) in [6.07, 6.45) is 5.87. The Morgan fingerprint density at radius 3 is 2.38 bits per heavy atom. The van der Waals surface area contributed by atoms with Gasteiger partial charge in [-0.15, -0.1) is 11.8 Å². The zero-order chi connectivity index (χ0) is 21.0. The Morgan fingerprint density at radius 1 is 1.10 bits per heavy atom. The van der Waals surface area contributed by atoms with E-state index in [1.54, 1.807) is 23.9 Å². The van der Waals surface area contributed by atoms with E-state index in [9.17, 15) is 23.1 Å². The zero-order valence-electron chi connectivity index (χ0n) is 15.6. The number of aliphatic hydroxyl groups is 1. The van der Waals surface area contributed by atoms with Gasteiger partial charge >= 0.3 is 0 Å². The van der Waals surface area contributed by atoms with Gasteiger partial charge in [0.15, 0.2) is 17.5 Å². The number of benzene rings is 2. The minimum atomic E-state index is -1.59. The van der Waals surface area contributed by atoms with Gasteiger partial charge in [0.2, 0.25) is 0 Å². The van der Waals surface area contributed by atoms with Gasteiger partial charge in [0, 0.05) is 39.6 Å². The third kappa shape index (κ3) is 5.27. The van der Waals surface area contributed by atoms with Crippen molar-refractivity contribution in [1.82, 2.24) is 0 Å². The molecule has 0 aliphatic heterocycles. The Hall–Kier alpha value is -1.70. The first-order valence-electron chi connectivity index (χ1n) is 9.39. The fourth-order valence-corrected chi connectivity index (χ4v) is 5.33. The van der Waals surface area contributed by atoms with Crippen LogP contribution in [0.25, 0.3) is 0 Å². The van der Waals surface area contributed by atoms with Gasteiger partial charge in [0.05, 0.1) is 5.02 Å². The summed E-state index contributed by atoms with van der Waals surface area (Å²) >= 11 is 7.91. The van der Waals surface area contributed by atoms with Gasteiger partial charge < -0.3 is 10.4 Å². The molecule has 2 aromatic rings. The van der Waals surface area contributed by atoms with Crippen molar-refractivity contribution in [2.45, 2.75) is 48.2 Å². The van der Waals surface area contributed by atoms with Crippen LogP contribution < -0.4 is 5.32 Å². The van der Waals surface area contributed by atoms with Crippen LogP contribution in [0.1, 0.15) is 48.9 Å². The molecule has 1 aliphatic rings. The largest absolute Gasteiger partial charge is 0.396 e. The summed E-state index contributed by atoms with van der Waals surface area (Å²) in [7, 11) is 0. The van der Waals surface area contributed by atoms with Crippen molar-refractivity contribution < 1.29 is 23.1 Å². The molecule has 0 bridgehead atoms. The van der Waals surface area contributed by atoms with E-state index in [1.807, 2.05) is 0 Å². The molecule has 0 unspecified atom stereocenters. The Bertz CT molecular complexity index is 875. The molecule has 2 N–H and O–H groups in total. The number of anilines is 1. The third-order valence-corrected chi connectivity index (χ3v) is 7.14. The molecule has 156 valence electrons. The van der Waals surface area contributed by atoms with Gasteiger partial charge in [-0.25, -0.2) is 13.2 Å². The Labute approximate surface area is 176 Å². The van der Waals surface area contributed by atoms with Crippen LogP contribution in [0, 0.1) is 17.5 Å². The number of nitrogens with one attached hydrogen (secondary N) is 1. The van der Waals surface area contributed by atoms with E-state index >= 15 is 0 Å². The van der Waals surface area contributed by atoms with Crippen molar-refractivity contribution in [2.24, 2.45) is 0 Å². The highest BCUT2D eigenvalue weighted by Crippen LogP contribution is 2.48. The smallest absolute Gasteiger partial charge is 0.255 e. The number of thioether (sulfide) groups is 1. The van der Waals surface area contributed by atoms with Gasteiger partial charge in [-0.3, -0.25) is 4.79 Å². The van der Waals surface area contributed by atoms with Crippen LogP contribution in [0.5, 0.6) is 0 Å². The first-order valence-corrected chi connectivity index (χ1v) is 10.6. The van der Waals surface area contributed by atoms with Gasteiger partial charge in [0.25, 0.3) is 5.91 Å². The van der Waals surface area contributed by atoms with Gasteiger partial charge in [0.1, 0.15) is 0 Å². The van der Waals surface area contributed by atoms with Crippen molar-refractivity contribution in [1.29, 1.82) is 0 Å². The second kappa shape index (κ2) is 9.41. The molecule has 0 atom stereocenters. The molecular weight excluding hydrogens is 423 g/mol. The summed E-state index contributed by atoms with van der Waals surface area (Å²) in [6.45, 7) is 0.0759. The first kappa shape index (κ1) is 22.0. The zero-order valence-corrected chi connectivity index (χ0v) is 17.2. The molecule has 1 aliphatic carbocycles. The monoisotopic (exact) mass is 443 g/mol. The van der Waals surface area contributed by atoms with Crippen LogP contribution in [0.4, 0.5) is 18.9 Å². The molecule has 0 radical (unpaired) electrons. The van der Waals surface area contributed by atoms with Crippen molar-refractivity contribution in [3.8, 4) is 0 Å². The first-order chi connectivity index (χ1) is 13.8. The summed E-state index contributed by atoms with van der Waals surface area (Å²) in [5, 5.41) is 12.4. The van der Waals surface area contributed by atoms with Crippen LogP contribution in [0.3, 0.4) is 0 Å². The van der Waals surface area contributed by atoms with Crippen LogP contribution in [-0.4, -0.2) is 22.4 Å². The predicted molar refractivity (Wildman–Crippen MR) is 109 cm³/mol. The second-order valence-corrected chi connectivity index (χ2v) is 9.09. The molecule has 0 heterocycles. The highest BCUT2D eigenvalue weighted by Gasteiger charge is 2.33. The summed E-state index contributed by atoms with van der Waals surface area (Å²) in [5.41, 5.74) is 0.0802. The van der Waals surface area contributed by atoms with Crippen LogP contribution in [0.15, 0.2) is 35.2 Å². The number of hydrogen-bond donors (Lipinski definition) is 2. The van der Waals surface area contributed by atoms with E-state index in [1.165, 1.54) is 6.07 Å². The highest BCUT2D eigenvalue weighted by molar-refractivity contribution is 8.00. The lowest BCUT2D eigenvalue weighted by Crippen LogP contribution is -2.29. The maximum atomic E-state index is 13.4. The van der Waals surface area contributed by atoms with Crippen LogP contribution in [0.2, 0.25) is 5.02 Å². The summed E-state index contributed by atoms with van der Waals surface area (Å²) in [4.78, 5) is 13.3. The minimum Gasteiger partial charge on any atom is -0.396 e. The average molecular weight is 444 g/mol. The number of carbonyl (C=O) groups excluding carboxylic acids is 1. The third-order valence-electron chi connectivity index (χ3n) is 5.09. The fraction of sp³-hybridized carbons (Fsp3) is 0.381. The second-order valence-electron chi connectivity index (χ2n) is 7.17. The van der Waals surface area contributed by atoms with Crippen LogP contribution >= 0.6 is 23.4 Å². The highest BCUT2D eigenvalue weighted by atomic mass is 35.5. The number of carbonyl (C=O) groups is 1. The Kier molecular flexibility index (Phi) is 7.14. The predicted octanol–water partition coefficient (Wildman–Crippen LogP) is 6.19. The van der Waals surface area contributed by atoms with Crippen molar-refractivity contribution in [3.63, 3.8) is 0 Å². The van der Waals surface area contributed by atoms with Gasteiger partial charge in [-0.1, -0.05) is 30.9 Å². The molecule has 2 aromatic carbocycles. The topological polar surface area (TPSA) is 49.3 Å². The molecule has 8 heteroatoms. The number of rotatable bonds is 6. The number of halogens is 4. The fourth-order valence-electron chi connectivity index (χ4n) is 3.59. The molecule has 3 nitrogen and oxygen atoms in total. The van der Waals surface area contributed by atoms with Crippen molar-refractivity contribution in [3.05, 3.63) is 58.4 Å². The average Bonchev–Trinajstić information content (AvgIpc) is 2.68. The Balaban J connectivity index is 1.81. The number of hydrogen-bond acceptors (Lipinski definition) is 3. The van der Waals surface area contributed by atoms with E-state index in [4.69, 9.17) is 11.6 Å². The maximum Gasteiger partial charge on any atom is 0.255 e. The SMILES string of the molecule is O=C(Nc1cc(F)c(F)c(F)c1)c1ccc(Cl)c(SC2(CCO)CCCCC2)c1. The minimum absolute atomic E-state index is 0.0759. The van der Waals surface area contributed by atoms with E-state index in [-0.39, 0.29) is 22.6 Å². The molecular formula is C21H21ClF3NO2S. The molecule has 0 aromatic heterocycles. The number of amides is 1. The Morgan fingerprint density at radius 2 is 1.76 bits per heavy atom.